The molecule has 1 saturated carbocycles. The number of amides is 1. The van der Waals surface area contributed by atoms with Crippen LogP contribution in [0.15, 0.2) is 24.3 Å². The second kappa shape index (κ2) is 6.92. The third kappa shape index (κ3) is 5.21. The maximum atomic E-state index is 11.5. The normalized spacial score (nSPS) is 16.1. The van der Waals surface area contributed by atoms with Crippen LogP contribution < -0.4 is 10.6 Å². The second-order valence-electron chi connectivity index (χ2n) is 5.17. The van der Waals surface area contributed by atoms with E-state index in [1.165, 1.54) is 5.56 Å². The first-order valence-electron chi connectivity index (χ1n) is 6.93. The molecule has 0 aliphatic heterocycles. The number of carbonyl (C=O) groups is 1. The van der Waals surface area contributed by atoms with Crippen LogP contribution >= 0.6 is 11.6 Å². The molecule has 4 heteroatoms. The Hall–Kier alpha value is -1.06. The fourth-order valence-corrected chi connectivity index (χ4v) is 2.09. The van der Waals surface area contributed by atoms with Crippen LogP contribution in [0.1, 0.15) is 44.2 Å². The lowest BCUT2D eigenvalue weighted by atomic mass is 10.1. The minimum absolute atomic E-state index is 0.184. The van der Waals surface area contributed by atoms with Crippen LogP contribution in [0.25, 0.3) is 0 Å². The van der Waals surface area contributed by atoms with Crippen molar-refractivity contribution in [2.75, 3.05) is 6.54 Å². The molecule has 1 unspecified atom stereocenters. The van der Waals surface area contributed by atoms with Crippen LogP contribution in [0, 0.1) is 0 Å². The van der Waals surface area contributed by atoms with Crippen molar-refractivity contribution in [2.24, 2.45) is 0 Å². The van der Waals surface area contributed by atoms with Gasteiger partial charge in [-0.25, -0.2) is 0 Å². The Kier molecular flexibility index (Phi) is 5.23. The molecule has 3 nitrogen and oxygen atoms in total. The summed E-state index contributed by atoms with van der Waals surface area (Å²) in [6, 6.07) is 8.60. The van der Waals surface area contributed by atoms with Gasteiger partial charge in [0.25, 0.3) is 0 Å². The second-order valence-corrected chi connectivity index (χ2v) is 5.61. The molecule has 1 aliphatic carbocycles. The van der Waals surface area contributed by atoms with E-state index in [2.05, 4.69) is 17.6 Å². The fourth-order valence-electron chi connectivity index (χ4n) is 1.96. The van der Waals surface area contributed by atoms with Gasteiger partial charge in [-0.3, -0.25) is 4.79 Å². The van der Waals surface area contributed by atoms with Crippen molar-refractivity contribution in [1.29, 1.82) is 0 Å². The van der Waals surface area contributed by atoms with Crippen molar-refractivity contribution in [3.05, 3.63) is 34.9 Å². The maximum Gasteiger partial charge on any atom is 0.220 e. The Bertz CT molecular complexity index is 415. The molecular weight excluding hydrogens is 260 g/mol. The maximum absolute atomic E-state index is 11.5. The zero-order chi connectivity index (χ0) is 13.7. The van der Waals surface area contributed by atoms with Crippen molar-refractivity contribution >= 4 is 17.5 Å². The number of nitrogens with one attached hydrogen (secondary N) is 2. The van der Waals surface area contributed by atoms with Crippen molar-refractivity contribution in [2.45, 2.75) is 44.7 Å². The molecule has 0 spiro atoms. The number of rotatable bonds is 7. The molecule has 1 aliphatic rings. The summed E-state index contributed by atoms with van der Waals surface area (Å²) in [6.07, 6.45) is 3.78. The van der Waals surface area contributed by atoms with E-state index in [0.29, 0.717) is 12.5 Å². The van der Waals surface area contributed by atoms with Crippen LogP contribution in [-0.4, -0.2) is 18.5 Å². The van der Waals surface area contributed by atoms with Gasteiger partial charge in [0.2, 0.25) is 5.91 Å². The van der Waals surface area contributed by atoms with E-state index in [1.807, 2.05) is 24.3 Å². The summed E-state index contributed by atoms with van der Waals surface area (Å²) < 4.78 is 0. The minimum Gasteiger partial charge on any atom is -0.353 e. The van der Waals surface area contributed by atoms with E-state index in [4.69, 9.17) is 11.6 Å². The molecule has 2 rings (SSSR count). The lowest BCUT2D eigenvalue weighted by Crippen LogP contribution is -2.27. The Labute approximate surface area is 119 Å². The van der Waals surface area contributed by atoms with Gasteiger partial charge in [0.15, 0.2) is 0 Å². The van der Waals surface area contributed by atoms with E-state index < -0.39 is 0 Å². The first-order chi connectivity index (χ1) is 9.15. The third-order valence-corrected chi connectivity index (χ3v) is 3.60. The predicted molar refractivity (Wildman–Crippen MR) is 78.3 cm³/mol. The highest BCUT2D eigenvalue weighted by Crippen LogP contribution is 2.19. The number of carbonyl (C=O) groups excluding carboxylic acids is 1. The van der Waals surface area contributed by atoms with Gasteiger partial charge in [0.05, 0.1) is 0 Å². The van der Waals surface area contributed by atoms with Crippen molar-refractivity contribution < 1.29 is 4.79 Å². The summed E-state index contributed by atoms with van der Waals surface area (Å²) in [7, 11) is 0. The summed E-state index contributed by atoms with van der Waals surface area (Å²) in [6.45, 7) is 2.97. The Morgan fingerprint density at radius 3 is 2.68 bits per heavy atom. The summed E-state index contributed by atoms with van der Waals surface area (Å²) in [4.78, 5) is 11.5. The molecule has 1 aromatic rings. The predicted octanol–water partition coefficient (Wildman–Crippen LogP) is 3.05. The van der Waals surface area contributed by atoms with E-state index in [0.717, 1.165) is 30.8 Å². The zero-order valence-corrected chi connectivity index (χ0v) is 12.0. The standard InChI is InChI=1S/C15H21ClN2O/c1-11(12-4-6-13(16)7-5-12)17-10-2-3-15(19)18-14-8-9-14/h4-7,11,14,17H,2-3,8-10H2,1H3,(H,18,19). The molecule has 1 atom stereocenters. The van der Waals surface area contributed by atoms with Crippen molar-refractivity contribution in [3.63, 3.8) is 0 Å². The summed E-state index contributed by atoms with van der Waals surface area (Å²) in [5.41, 5.74) is 1.21. The van der Waals surface area contributed by atoms with Gasteiger partial charge in [-0.05, 0) is 50.4 Å². The van der Waals surface area contributed by atoms with E-state index >= 15 is 0 Å². The monoisotopic (exact) mass is 280 g/mol. The molecule has 1 aromatic carbocycles. The van der Waals surface area contributed by atoms with Gasteiger partial charge in [-0.15, -0.1) is 0 Å². The summed E-state index contributed by atoms with van der Waals surface area (Å²) in [5.74, 6) is 0.184. The van der Waals surface area contributed by atoms with Crippen LogP contribution in [0.4, 0.5) is 0 Å². The molecule has 1 fully saturated rings. The van der Waals surface area contributed by atoms with Crippen LogP contribution in [0.3, 0.4) is 0 Å². The van der Waals surface area contributed by atoms with Gasteiger partial charge in [0, 0.05) is 23.5 Å². The summed E-state index contributed by atoms with van der Waals surface area (Å²) in [5, 5.41) is 7.18. The largest absolute Gasteiger partial charge is 0.353 e. The number of halogens is 1. The Morgan fingerprint density at radius 1 is 1.37 bits per heavy atom. The van der Waals surface area contributed by atoms with Crippen LogP contribution in [0.5, 0.6) is 0 Å². The number of benzene rings is 1. The average molecular weight is 281 g/mol. The number of hydrogen-bond donors (Lipinski definition) is 2. The molecule has 0 bridgehead atoms. The molecule has 0 heterocycles. The van der Waals surface area contributed by atoms with Gasteiger partial charge >= 0.3 is 0 Å². The minimum atomic E-state index is 0.184. The molecular formula is C15H21ClN2O. The quantitative estimate of drug-likeness (QED) is 0.754. The summed E-state index contributed by atoms with van der Waals surface area (Å²) >= 11 is 5.86. The highest BCUT2D eigenvalue weighted by Gasteiger charge is 2.22. The van der Waals surface area contributed by atoms with Gasteiger partial charge in [-0.1, -0.05) is 23.7 Å². The highest BCUT2D eigenvalue weighted by atomic mass is 35.5. The topological polar surface area (TPSA) is 41.1 Å². The lowest BCUT2D eigenvalue weighted by Gasteiger charge is -2.14. The third-order valence-electron chi connectivity index (χ3n) is 3.34. The molecule has 0 saturated heterocycles. The van der Waals surface area contributed by atoms with E-state index in [1.54, 1.807) is 0 Å². The van der Waals surface area contributed by atoms with Crippen LogP contribution in [0.2, 0.25) is 5.02 Å². The Morgan fingerprint density at radius 2 is 2.05 bits per heavy atom. The Balaban J connectivity index is 1.61. The van der Waals surface area contributed by atoms with Crippen LogP contribution in [-0.2, 0) is 4.79 Å². The molecule has 104 valence electrons. The SMILES string of the molecule is CC(NCCCC(=O)NC1CC1)c1ccc(Cl)cc1. The average Bonchev–Trinajstić information content (AvgIpc) is 3.19. The van der Waals surface area contributed by atoms with Gasteiger partial charge in [0.1, 0.15) is 0 Å². The molecule has 1 amide bonds. The highest BCUT2D eigenvalue weighted by molar-refractivity contribution is 6.30. The van der Waals surface area contributed by atoms with Crippen molar-refractivity contribution in [1.82, 2.24) is 10.6 Å². The molecule has 0 aromatic heterocycles. The first-order valence-corrected chi connectivity index (χ1v) is 7.31. The first kappa shape index (κ1) is 14.4. The fraction of sp³-hybridized carbons (Fsp3) is 0.533. The lowest BCUT2D eigenvalue weighted by molar-refractivity contribution is -0.121. The van der Waals surface area contributed by atoms with E-state index in [9.17, 15) is 4.79 Å². The van der Waals surface area contributed by atoms with Gasteiger partial charge in [-0.2, -0.15) is 0 Å². The number of hydrogen-bond acceptors (Lipinski definition) is 2. The smallest absolute Gasteiger partial charge is 0.220 e. The van der Waals surface area contributed by atoms with Gasteiger partial charge < -0.3 is 10.6 Å². The molecule has 19 heavy (non-hydrogen) atoms. The zero-order valence-electron chi connectivity index (χ0n) is 11.3. The van der Waals surface area contributed by atoms with Crippen molar-refractivity contribution in [3.8, 4) is 0 Å². The molecule has 2 N–H and O–H groups in total. The van der Waals surface area contributed by atoms with E-state index in [-0.39, 0.29) is 11.9 Å². The molecule has 0 radical (unpaired) electrons.